The molecular weight excluding hydrogens is 323 g/mol. The fourth-order valence-electron chi connectivity index (χ4n) is 1.95. The summed E-state index contributed by atoms with van der Waals surface area (Å²) in [6.07, 6.45) is 0. The standard InChI is InChI=1S/C15H16BrFN2O/c1-20-10-6-7-13(17)14(8-10)19-15(9-18)11-4-2-3-5-12(11)16/h2-8,15,19H,9,18H2,1H3. The lowest BCUT2D eigenvalue weighted by atomic mass is 10.1. The second kappa shape index (κ2) is 6.72. The van der Waals surface area contributed by atoms with E-state index in [0.29, 0.717) is 18.0 Å². The maximum atomic E-state index is 13.8. The summed E-state index contributed by atoms with van der Waals surface area (Å²) in [5, 5.41) is 3.12. The van der Waals surface area contributed by atoms with Crippen LogP contribution < -0.4 is 15.8 Å². The predicted octanol–water partition coefficient (Wildman–Crippen LogP) is 3.71. The summed E-state index contributed by atoms with van der Waals surface area (Å²) in [4.78, 5) is 0. The number of nitrogens with one attached hydrogen (secondary N) is 1. The monoisotopic (exact) mass is 338 g/mol. The van der Waals surface area contributed by atoms with Crippen LogP contribution in [-0.4, -0.2) is 13.7 Å². The SMILES string of the molecule is COc1ccc(F)c(NC(CN)c2ccccc2Br)c1. The van der Waals surface area contributed by atoms with E-state index in [0.717, 1.165) is 10.0 Å². The van der Waals surface area contributed by atoms with Gasteiger partial charge in [0.05, 0.1) is 18.8 Å². The van der Waals surface area contributed by atoms with E-state index in [9.17, 15) is 4.39 Å². The fraction of sp³-hybridized carbons (Fsp3) is 0.200. The highest BCUT2D eigenvalue weighted by atomic mass is 79.9. The number of halogens is 2. The van der Waals surface area contributed by atoms with Gasteiger partial charge in [-0.3, -0.25) is 0 Å². The van der Waals surface area contributed by atoms with Crippen LogP contribution in [0, 0.1) is 5.82 Å². The van der Waals surface area contributed by atoms with Crippen LogP contribution in [0.2, 0.25) is 0 Å². The molecular formula is C15H16BrFN2O. The number of nitrogens with two attached hydrogens (primary N) is 1. The molecule has 0 spiro atoms. The Kier molecular flexibility index (Phi) is 4.98. The van der Waals surface area contributed by atoms with Crippen molar-refractivity contribution < 1.29 is 9.13 Å². The zero-order valence-corrected chi connectivity index (χ0v) is 12.7. The molecule has 2 aromatic rings. The van der Waals surface area contributed by atoms with Gasteiger partial charge in [0.1, 0.15) is 11.6 Å². The number of hydrogen-bond acceptors (Lipinski definition) is 3. The Morgan fingerprint density at radius 2 is 2.05 bits per heavy atom. The molecule has 5 heteroatoms. The van der Waals surface area contributed by atoms with Gasteiger partial charge < -0.3 is 15.8 Å². The third-order valence-corrected chi connectivity index (χ3v) is 3.74. The molecule has 1 unspecified atom stereocenters. The Balaban J connectivity index is 2.29. The Labute approximate surface area is 126 Å². The van der Waals surface area contributed by atoms with Crippen LogP contribution in [-0.2, 0) is 0 Å². The number of methoxy groups -OCH3 is 1. The molecule has 0 radical (unpaired) electrons. The summed E-state index contributed by atoms with van der Waals surface area (Å²) in [6.45, 7) is 0.346. The van der Waals surface area contributed by atoms with Gasteiger partial charge in [-0.15, -0.1) is 0 Å². The van der Waals surface area contributed by atoms with Gasteiger partial charge in [-0.1, -0.05) is 34.1 Å². The van der Waals surface area contributed by atoms with Crippen LogP contribution in [0.1, 0.15) is 11.6 Å². The molecule has 3 nitrogen and oxygen atoms in total. The van der Waals surface area contributed by atoms with Crippen molar-refractivity contribution in [3.8, 4) is 5.75 Å². The minimum Gasteiger partial charge on any atom is -0.497 e. The van der Waals surface area contributed by atoms with E-state index in [1.165, 1.54) is 6.07 Å². The number of benzene rings is 2. The van der Waals surface area contributed by atoms with Gasteiger partial charge >= 0.3 is 0 Å². The van der Waals surface area contributed by atoms with E-state index in [4.69, 9.17) is 10.5 Å². The first-order valence-corrected chi connectivity index (χ1v) is 6.99. The van der Waals surface area contributed by atoms with Crippen molar-refractivity contribution in [2.75, 3.05) is 19.0 Å². The highest BCUT2D eigenvalue weighted by Crippen LogP contribution is 2.28. The topological polar surface area (TPSA) is 47.3 Å². The molecule has 0 aliphatic rings. The van der Waals surface area contributed by atoms with Crippen molar-refractivity contribution >= 4 is 21.6 Å². The van der Waals surface area contributed by atoms with Gasteiger partial charge in [-0.2, -0.15) is 0 Å². The first-order valence-electron chi connectivity index (χ1n) is 6.20. The normalized spacial score (nSPS) is 12.0. The third kappa shape index (κ3) is 3.29. The molecule has 0 amide bonds. The summed E-state index contributed by atoms with van der Waals surface area (Å²) in [7, 11) is 1.55. The smallest absolute Gasteiger partial charge is 0.146 e. The molecule has 0 aliphatic heterocycles. The minimum absolute atomic E-state index is 0.188. The fourth-order valence-corrected chi connectivity index (χ4v) is 2.51. The molecule has 0 aliphatic carbocycles. The molecule has 0 fully saturated rings. The third-order valence-electron chi connectivity index (χ3n) is 3.02. The van der Waals surface area contributed by atoms with Crippen molar-refractivity contribution in [2.24, 2.45) is 5.73 Å². The molecule has 0 saturated heterocycles. The Morgan fingerprint density at radius 3 is 2.70 bits per heavy atom. The molecule has 1 atom stereocenters. The van der Waals surface area contributed by atoms with Crippen molar-refractivity contribution in [1.82, 2.24) is 0 Å². The van der Waals surface area contributed by atoms with Gasteiger partial charge in [-0.25, -0.2) is 4.39 Å². The van der Waals surface area contributed by atoms with Gasteiger partial charge in [0.25, 0.3) is 0 Å². The Morgan fingerprint density at radius 1 is 1.30 bits per heavy atom. The second-order valence-electron chi connectivity index (χ2n) is 4.30. The summed E-state index contributed by atoms with van der Waals surface area (Å²) in [6, 6.07) is 12.1. The van der Waals surface area contributed by atoms with Gasteiger partial charge in [-0.05, 0) is 23.8 Å². The molecule has 106 valence electrons. The van der Waals surface area contributed by atoms with Crippen molar-refractivity contribution in [3.63, 3.8) is 0 Å². The van der Waals surface area contributed by atoms with Crippen LogP contribution in [0.4, 0.5) is 10.1 Å². The zero-order valence-electron chi connectivity index (χ0n) is 11.1. The van der Waals surface area contributed by atoms with E-state index >= 15 is 0 Å². The second-order valence-corrected chi connectivity index (χ2v) is 5.15. The van der Waals surface area contributed by atoms with Gasteiger partial charge in [0, 0.05) is 17.1 Å². The molecule has 0 heterocycles. The van der Waals surface area contributed by atoms with Crippen molar-refractivity contribution in [1.29, 1.82) is 0 Å². The molecule has 0 bridgehead atoms. The summed E-state index contributed by atoms with van der Waals surface area (Å²) >= 11 is 3.48. The van der Waals surface area contributed by atoms with E-state index in [2.05, 4.69) is 21.2 Å². The van der Waals surface area contributed by atoms with Crippen LogP contribution in [0.15, 0.2) is 46.9 Å². The van der Waals surface area contributed by atoms with E-state index in [-0.39, 0.29) is 11.9 Å². The molecule has 3 N–H and O–H groups in total. The zero-order chi connectivity index (χ0) is 14.5. The van der Waals surface area contributed by atoms with Crippen LogP contribution >= 0.6 is 15.9 Å². The minimum atomic E-state index is -0.337. The van der Waals surface area contributed by atoms with E-state index in [1.54, 1.807) is 19.2 Å². The van der Waals surface area contributed by atoms with Crippen molar-refractivity contribution in [2.45, 2.75) is 6.04 Å². The van der Waals surface area contributed by atoms with Crippen LogP contribution in [0.25, 0.3) is 0 Å². The van der Waals surface area contributed by atoms with Gasteiger partial charge in [0.2, 0.25) is 0 Å². The first kappa shape index (κ1) is 14.8. The summed E-state index contributed by atoms with van der Waals surface area (Å²) in [5.74, 6) is 0.258. The molecule has 0 aromatic heterocycles. The Hall–Kier alpha value is -1.59. The molecule has 0 saturated carbocycles. The summed E-state index contributed by atoms with van der Waals surface area (Å²) in [5.41, 5.74) is 7.16. The molecule has 2 aromatic carbocycles. The lowest BCUT2D eigenvalue weighted by Crippen LogP contribution is -2.21. The quantitative estimate of drug-likeness (QED) is 0.873. The number of anilines is 1. The maximum absolute atomic E-state index is 13.8. The van der Waals surface area contributed by atoms with E-state index in [1.807, 2.05) is 24.3 Å². The van der Waals surface area contributed by atoms with Crippen molar-refractivity contribution in [3.05, 3.63) is 58.3 Å². The maximum Gasteiger partial charge on any atom is 0.146 e. The van der Waals surface area contributed by atoms with Crippen LogP contribution in [0.3, 0.4) is 0 Å². The first-order chi connectivity index (χ1) is 9.65. The highest BCUT2D eigenvalue weighted by molar-refractivity contribution is 9.10. The van der Waals surface area contributed by atoms with E-state index < -0.39 is 0 Å². The average molecular weight is 339 g/mol. The number of rotatable bonds is 5. The van der Waals surface area contributed by atoms with Crippen LogP contribution in [0.5, 0.6) is 5.75 Å². The molecule has 20 heavy (non-hydrogen) atoms. The number of hydrogen-bond donors (Lipinski definition) is 2. The average Bonchev–Trinajstić information content (AvgIpc) is 2.47. The summed E-state index contributed by atoms with van der Waals surface area (Å²) < 4.78 is 19.9. The van der Waals surface area contributed by atoms with Gasteiger partial charge in [0.15, 0.2) is 0 Å². The predicted molar refractivity (Wildman–Crippen MR) is 82.5 cm³/mol. The molecule has 2 rings (SSSR count). The lowest BCUT2D eigenvalue weighted by molar-refractivity contribution is 0.414. The largest absolute Gasteiger partial charge is 0.497 e. The highest BCUT2D eigenvalue weighted by Gasteiger charge is 2.14. The Bertz CT molecular complexity index is 592. The lowest BCUT2D eigenvalue weighted by Gasteiger charge is -2.20. The number of ether oxygens (including phenoxy) is 1.